The molecule has 0 amide bonds. The highest BCUT2D eigenvalue weighted by Crippen LogP contribution is 2.26. The Morgan fingerprint density at radius 1 is 1.53 bits per heavy atom. The van der Waals surface area contributed by atoms with Gasteiger partial charge in [-0.25, -0.2) is 0 Å². The molecule has 0 bridgehead atoms. The lowest BCUT2D eigenvalue weighted by Crippen LogP contribution is -2.48. The standard InChI is InChI=1S/C12H20BrN3O/c1-6-12(3,15(4)5)11(17)10-9(13)8-14-16(10)7-2/h8H,6-7H2,1-5H3. The molecule has 0 radical (unpaired) electrons. The molecule has 0 spiro atoms. The third-order valence-electron chi connectivity index (χ3n) is 3.47. The molecule has 1 aromatic heterocycles. The maximum absolute atomic E-state index is 12.7. The predicted molar refractivity (Wildman–Crippen MR) is 72.3 cm³/mol. The molecule has 4 nitrogen and oxygen atoms in total. The minimum Gasteiger partial charge on any atom is -0.297 e. The van der Waals surface area contributed by atoms with Gasteiger partial charge in [-0.2, -0.15) is 5.10 Å². The van der Waals surface area contributed by atoms with E-state index in [1.54, 1.807) is 10.9 Å². The molecule has 0 aliphatic rings. The van der Waals surface area contributed by atoms with Crippen LogP contribution in [0.3, 0.4) is 0 Å². The first-order valence-corrected chi connectivity index (χ1v) is 6.61. The monoisotopic (exact) mass is 301 g/mol. The normalized spacial score (nSPS) is 15.0. The molecular formula is C12H20BrN3O. The Morgan fingerprint density at radius 2 is 2.12 bits per heavy atom. The van der Waals surface area contributed by atoms with Crippen LogP contribution in [0.4, 0.5) is 0 Å². The maximum Gasteiger partial charge on any atom is 0.201 e. The summed E-state index contributed by atoms with van der Waals surface area (Å²) in [5.74, 6) is 0.108. The second-order valence-electron chi connectivity index (χ2n) is 4.51. The maximum atomic E-state index is 12.7. The lowest BCUT2D eigenvalue weighted by atomic mass is 9.90. The molecule has 17 heavy (non-hydrogen) atoms. The van der Waals surface area contributed by atoms with E-state index in [4.69, 9.17) is 0 Å². The van der Waals surface area contributed by atoms with Crippen LogP contribution in [0.2, 0.25) is 0 Å². The molecule has 96 valence electrons. The molecule has 1 atom stereocenters. The molecule has 1 unspecified atom stereocenters. The fourth-order valence-electron chi connectivity index (χ4n) is 1.76. The van der Waals surface area contributed by atoms with Crippen molar-refractivity contribution in [1.29, 1.82) is 0 Å². The van der Waals surface area contributed by atoms with Gasteiger partial charge in [-0.1, -0.05) is 6.92 Å². The number of Topliss-reactive ketones (excluding diaryl/α,β-unsaturated/α-hetero) is 1. The van der Waals surface area contributed by atoms with E-state index in [0.717, 1.165) is 10.9 Å². The fraction of sp³-hybridized carbons (Fsp3) is 0.667. The van der Waals surface area contributed by atoms with Crippen molar-refractivity contribution >= 4 is 21.7 Å². The van der Waals surface area contributed by atoms with E-state index in [1.807, 2.05) is 39.8 Å². The smallest absolute Gasteiger partial charge is 0.201 e. The molecular weight excluding hydrogens is 282 g/mol. The van der Waals surface area contributed by atoms with Gasteiger partial charge in [0.1, 0.15) is 5.69 Å². The van der Waals surface area contributed by atoms with Crippen molar-refractivity contribution in [2.45, 2.75) is 39.3 Å². The van der Waals surface area contributed by atoms with Crippen LogP contribution in [0.15, 0.2) is 10.7 Å². The van der Waals surface area contributed by atoms with Crippen LogP contribution >= 0.6 is 15.9 Å². The molecule has 0 aromatic carbocycles. The van der Waals surface area contributed by atoms with E-state index in [2.05, 4.69) is 21.0 Å². The minimum absolute atomic E-state index is 0.108. The second-order valence-corrected chi connectivity index (χ2v) is 5.36. The van der Waals surface area contributed by atoms with E-state index in [-0.39, 0.29) is 5.78 Å². The number of aryl methyl sites for hydroxylation is 1. The van der Waals surface area contributed by atoms with Crippen LogP contribution in [0.25, 0.3) is 0 Å². The second kappa shape index (κ2) is 5.31. The van der Waals surface area contributed by atoms with Gasteiger partial charge in [-0.05, 0) is 50.3 Å². The first kappa shape index (κ1) is 14.4. The summed E-state index contributed by atoms with van der Waals surface area (Å²) >= 11 is 3.41. The Balaban J connectivity index is 3.23. The van der Waals surface area contributed by atoms with Crippen LogP contribution in [0.1, 0.15) is 37.7 Å². The predicted octanol–water partition coefficient (Wildman–Crippen LogP) is 2.58. The summed E-state index contributed by atoms with van der Waals surface area (Å²) in [6.07, 6.45) is 2.45. The first-order chi connectivity index (χ1) is 7.88. The third-order valence-corrected chi connectivity index (χ3v) is 4.05. The number of ketones is 1. The summed E-state index contributed by atoms with van der Waals surface area (Å²) in [5, 5.41) is 4.19. The van der Waals surface area contributed by atoms with Gasteiger partial charge >= 0.3 is 0 Å². The lowest BCUT2D eigenvalue weighted by molar-refractivity contribution is 0.0697. The van der Waals surface area contributed by atoms with E-state index in [0.29, 0.717) is 12.2 Å². The lowest BCUT2D eigenvalue weighted by Gasteiger charge is -2.34. The van der Waals surface area contributed by atoms with E-state index in [9.17, 15) is 4.79 Å². The van der Waals surface area contributed by atoms with Crippen molar-refractivity contribution in [3.05, 3.63) is 16.4 Å². The van der Waals surface area contributed by atoms with Gasteiger partial charge in [0.2, 0.25) is 5.78 Å². The molecule has 0 N–H and O–H groups in total. The molecule has 0 fully saturated rings. The van der Waals surface area contributed by atoms with Crippen LogP contribution in [-0.4, -0.2) is 40.1 Å². The number of carbonyl (C=O) groups excluding carboxylic acids is 1. The number of nitrogens with zero attached hydrogens (tertiary/aromatic N) is 3. The average molecular weight is 302 g/mol. The van der Waals surface area contributed by atoms with Gasteiger partial charge in [0.05, 0.1) is 16.2 Å². The minimum atomic E-state index is -0.491. The van der Waals surface area contributed by atoms with E-state index >= 15 is 0 Å². The van der Waals surface area contributed by atoms with Crippen LogP contribution in [-0.2, 0) is 6.54 Å². The SMILES string of the molecule is CCn1ncc(Br)c1C(=O)C(C)(CC)N(C)C. The van der Waals surface area contributed by atoms with Gasteiger partial charge in [-0.3, -0.25) is 14.4 Å². The summed E-state index contributed by atoms with van der Waals surface area (Å²) < 4.78 is 2.51. The Bertz CT molecular complexity index is 414. The molecule has 1 aromatic rings. The highest BCUT2D eigenvalue weighted by atomic mass is 79.9. The zero-order valence-electron chi connectivity index (χ0n) is 11.1. The average Bonchev–Trinajstić information content (AvgIpc) is 2.67. The molecule has 0 aliphatic carbocycles. The quantitative estimate of drug-likeness (QED) is 0.785. The van der Waals surface area contributed by atoms with Gasteiger partial charge < -0.3 is 0 Å². The Hall–Kier alpha value is -0.680. The Labute approximate surface area is 111 Å². The molecule has 0 saturated heterocycles. The van der Waals surface area contributed by atoms with Crippen molar-refractivity contribution in [1.82, 2.24) is 14.7 Å². The van der Waals surface area contributed by atoms with Gasteiger partial charge in [0.25, 0.3) is 0 Å². The van der Waals surface area contributed by atoms with Gasteiger partial charge in [0.15, 0.2) is 0 Å². The highest BCUT2D eigenvalue weighted by Gasteiger charge is 2.37. The van der Waals surface area contributed by atoms with Gasteiger partial charge in [-0.15, -0.1) is 0 Å². The highest BCUT2D eigenvalue weighted by molar-refractivity contribution is 9.10. The largest absolute Gasteiger partial charge is 0.297 e. The molecule has 0 saturated carbocycles. The fourth-order valence-corrected chi connectivity index (χ4v) is 2.24. The number of hydrogen-bond donors (Lipinski definition) is 0. The summed E-state index contributed by atoms with van der Waals surface area (Å²) in [4.78, 5) is 14.6. The molecule has 1 heterocycles. The zero-order chi connectivity index (χ0) is 13.2. The zero-order valence-corrected chi connectivity index (χ0v) is 12.7. The van der Waals surface area contributed by atoms with E-state index < -0.39 is 5.54 Å². The first-order valence-electron chi connectivity index (χ1n) is 5.82. The molecule has 0 aliphatic heterocycles. The number of hydrogen-bond acceptors (Lipinski definition) is 3. The van der Waals surface area contributed by atoms with Crippen molar-refractivity contribution in [3.8, 4) is 0 Å². The van der Waals surface area contributed by atoms with Crippen LogP contribution < -0.4 is 0 Å². The van der Waals surface area contributed by atoms with Gasteiger partial charge in [0, 0.05) is 6.54 Å². The van der Waals surface area contributed by atoms with Crippen molar-refractivity contribution < 1.29 is 4.79 Å². The molecule has 5 heteroatoms. The Kier molecular flexibility index (Phi) is 4.49. The van der Waals surface area contributed by atoms with E-state index in [1.165, 1.54) is 0 Å². The topological polar surface area (TPSA) is 38.1 Å². The van der Waals surface area contributed by atoms with Crippen molar-refractivity contribution in [2.24, 2.45) is 0 Å². The third kappa shape index (κ3) is 2.45. The Morgan fingerprint density at radius 3 is 2.53 bits per heavy atom. The number of halogens is 1. The summed E-state index contributed by atoms with van der Waals surface area (Å²) in [5.41, 5.74) is 0.167. The van der Waals surface area contributed by atoms with Crippen LogP contribution in [0.5, 0.6) is 0 Å². The van der Waals surface area contributed by atoms with Crippen LogP contribution in [0, 0.1) is 0 Å². The van der Waals surface area contributed by atoms with Crippen molar-refractivity contribution in [2.75, 3.05) is 14.1 Å². The summed E-state index contributed by atoms with van der Waals surface area (Å²) in [7, 11) is 3.86. The summed E-state index contributed by atoms with van der Waals surface area (Å²) in [6, 6.07) is 0. The number of aromatic nitrogens is 2. The molecule has 1 rings (SSSR count). The summed E-state index contributed by atoms with van der Waals surface area (Å²) in [6.45, 7) is 6.67. The number of likely N-dealkylation sites (N-methyl/N-ethyl adjacent to an activating group) is 1. The number of rotatable bonds is 5. The van der Waals surface area contributed by atoms with Crippen molar-refractivity contribution in [3.63, 3.8) is 0 Å². The number of carbonyl (C=O) groups is 1.